The topological polar surface area (TPSA) is 35.2 Å². The van der Waals surface area contributed by atoms with E-state index in [1.807, 2.05) is 0 Å². The molecule has 0 amide bonds. The molecule has 2 N–H and O–H groups in total. The van der Waals surface area contributed by atoms with Crippen LogP contribution in [0.15, 0.2) is 16.6 Å². The summed E-state index contributed by atoms with van der Waals surface area (Å²) in [6.07, 6.45) is 4.17. The second-order valence-electron chi connectivity index (χ2n) is 4.34. The molecule has 0 unspecified atom stereocenters. The highest BCUT2D eigenvalue weighted by Gasteiger charge is 2.32. The van der Waals surface area contributed by atoms with Crippen molar-refractivity contribution >= 4 is 15.9 Å². The molecule has 0 aliphatic heterocycles. The van der Waals surface area contributed by atoms with Crippen LogP contribution in [-0.2, 0) is 5.54 Å². The average Bonchev–Trinajstić information content (AvgIpc) is 2.70. The number of nitrogens with two attached hydrogens (primary N) is 1. The lowest BCUT2D eigenvalue weighted by Crippen LogP contribution is -2.33. The van der Waals surface area contributed by atoms with Crippen LogP contribution in [0, 0.1) is 5.82 Å². The quantitative estimate of drug-likeness (QED) is 0.906. The molecule has 1 saturated carbocycles. The Bertz CT molecular complexity index is 402. The van der Waals surface area contributed by atoms with E-state index in [1.165, 1.54) is 7.11 Å². The van der Waals surface area contributed by atoms with Crippen LogP contribution >= 0.6 is 15.9 Å². The highest BCUT2D eigenvalue weighted by molar-refractivity contribution is 9.10. The van der Waals surface area contributed by atoms with Crippen LogP contribution in [0.1, 0.15) is 31.2 Å². The molecular formula is C12H15BrFNO. The summed E-state index contributed by atoms with van der Waals surface area (Å²) in [6, 6.07) is 3.48. The Morgan fingerprint density at radius 1 is 1.38 bits per heavy atom. The average molecular weight is 288 g/mol. The van der Waals surface area contributed by atoms with Gasteiger partial charge >= 0.3 is 0 Å². The molecule has 1 aromatic rings. The van der Waals surface area contributed by atoms with Crippen molar-refractivity contribution in [3.8, 4) is 5.75 Å². The molecule has 4 heteroatoms. The summed E-state index contributed by atoms with van der Waals surface area (Å²) >= 11 is 3.20. The molecule has 0 heterocycles. The van der Waals surface area contributed by atoms with E-state index < -0.39 is 0 Å². The molecule has 1 aliphatic carbocycles. The Morgan fingerprint density at radius 2 is 2.00 bits per heavy atom. The van der Waals surface area contributed by atoms with Crippen molar-refractivity contribution in [2.24, 2.45) is 5.73 Å². The fraction of sp³-hybridized carbons (Fsp3) is 0.500. The molecule has 1 fully saturated rings. The largest absolute Gasteiger partial charge is 0.494 e. The second kappa shape index (κ2) is 4.34. The van der Waals surface area contributed by atoms with Gasteiger partial charge in [-0.3, -0.25) is 0 Å². The first-order valence-electron chi connectivity index (χ1n) is 5.39. The van der Waals surface area contributed by atoms with Crippen LogP contribution in [0.25, 0.3) is 0 Å². The number of hydrogen-bond acceptors (Lipinski definition) is 2. The summed E-state index contributed by atoms with van der Waals surface area (Å²) in [5, 5.41) is 0. The molecule has 0 atom stereocenters. The van der Waals surface area contributed by atoms with Crippen LogP contribution in [0.4, 0.5) is 4.39 Å². The number of methoxy groups -OCH3 is 1. The zero-order valence-electron chi connectivity index (χ0n) is 9.22. The molecular weight excluding hydrogens is 273 g/mol. The first kappa shape index (κ1) is 11.9. The number of benzene rings is 1. The van der Waals surface area contributed by atoms with Crippen molar-refractivity contribution in [3.05, 3.63) is 28.0 Å². The standard InChI is InChI=1S/C12H15BrFNO/c1-16-10-7-8(6-9(13)11(10)14)12(15)4-2-3-5-12/h6-7H,2-5,15H2,1H3. The normalized spacial score (nSPS) is 18.8. The minimum atomic E-state index is -0.368. The van der Waals surface area contributed by atoms with Crippen LogP contribution in [0.5, 0.6) is 5.75 Å². The second-order valence-corrected chi connectivity index (χ2v) is 5.19. The van der Waals surface area contributed by atoms with Gasteiger partial charge in [0, 0.05) is 5.54 Å². The third-order valence-corrected chi connectivity index (χ3v) is 3.86. The van der Waals surface area contributed by atoms with Crippen LogP contribution in [0.3, 0.4) is 0 Å². The Hall–Kier alpha value is -0.610. The van der Waals surface area contributed by atoms with Gasteiger partial charge in [0.25, 0.3) is 0 Å². The van der Waals surface area contributed by atoms with Crippen molar-refractivity contribution < 1.29 is 9.13 Å². The Morgan fingerprint density at radius 3 is 2.56 bits per heavy atom. The Kier molecular flexibility index (Phi) is 3.22. The zero-order chi connectivity index (χ0) is 11.8. The van der Waals surface area contributed by atoms with Gasteiger partial charge in [-0.15, -0.1) is 0 Å². The summed E-state index contributed by atoms with van der Waals surface area (Å²) in [5.74, 6) is -0.117. The third kappa shape index (κ3) is 1.96. The van der Waals surface area contributed by atoms with E-state index in [2.05, 4.69) is 15.9 Å². The van der Waals surface area contributed by atoms with Gasteiger partial charge < -0.3 is 10.5 Å². The summed E-state index contributed by atoms with van der Waals surface area (Å²) in [4.78, 5) is 0. The molecule has 0 saturated heterocycles. The molecule has 0 spiro atoms. The van der Waals surface area contributed by atoms with E-state index in [-0.39, 0.29) is 17.1 Å². The fourth-order valence-electron chi connectivity index (χ4n) is 2.29. The molecule has 1 aromatic carbocycles. The van der Waals surface area contributed by atoms with Crippen molar-refractivity contribution in [2.75, 3.05) is 7.11 Å². The maximum absolute atomic E-state index is 13.6. The molecule has 0 bridgehead atoms. The summed E-state index contributed by atoms with van der Waals surface area (Å²) in [5.41, 5.74) is 6.96. The molecule has 2 nitrogen and oxygen atoms in total. The van der Waals surface area contributed by atoms with E-state index >= 15 is 0 Å². The van der Waals surface area contributed by atoms with Crippen LogP contribution < -0.4 is 10.5 Å². The number of halogens is 2. The number of rotatable bonds is 2. The van der Waals surface area contributed by atoms with E-state index in [1.54, 1.807) is 12.1 Å². The van der Waals surface area contributed by atoms with Gasteiger partial charge in [0.05, 0.1) is 11.6 Å². The Labute approximate surface area is 103 Å². The zero-order valence-corrected chi connectivity index (χ0v) is 10.8. The SMILES string of the molecule is COc1cc(C2(N)CCCC2)cc(Br)c1F. The maximum atomic E-state index is 13.6. The number of hydrogen-bond donors (Lipinski definition) is 1. The van der Waals surface area contributed by atoms with Crippen molar-refractivity contribution in [1.29, 1.82) is 0 Å². The van der Waals surface area contributed by atoms with Gasteiger partial charge in [0.15, 0.2) is 11.6 Å². The van der Waals surface area contributed by atoms with Gasteiger partial charge in [-0.25, -0.2) is 4.39 Å². The first-order chi connectivity index (χ1) is 7.57. The molecule has 16 heavy (non-hydrogen) atoms. The van der Waals surface area contributed by atoms with Crippen molar-refractivity contribution in [1.82, 2.24) is 0 Å². The van der Waals surface area contributed by atoms with Gasteiger partial charge in [-0.2, -0.15) is 0 Å². The van der Waals surface area contributed by atoms with E-state index in [4.69, 9.17) is 10.5 Å². The van der Waals surface area contributed by atoms with Gasteiger partial charge in [-0.1, -0.05) is 12.8 Å². The van der Waals surface area contributed by atoms with Crippen LogP contribution in [0.2, 0.25) is 0 Å². The smallest absolute Gasteiger partial charge is 0.179 e. The fourth-order valence-corrected chi connectivity index (χ4v) is 2.74. The lowest BCUT2D eigenvalue weighted by Gasteiger charge is -2.25. The van der Waals surface area contributed by atoms with Gasteiger partial charge in [0.2, 0.25) is 0 Å². The molecule has 1 aliphatic rings. The molecule has 2 rings (SSSR count). The van der Waals surface area contributed by atoms with Crippen LogP contribution in [-0.4, -0.2) is 7.11 Å². The number of ether oxygens (including phenoxy) is 1. The highest BCUT2D eigenvalue weighted by atomic mass is 79.9. The maximum Gasteiger partial charge on any atom is 0.179 e. The predicted octanol–water partition coefficient (Wildman–Crippen LogP) is 3.32. The van der Waals surface area contributed by atoms with Gasteiger partial charge in [-0.05, 0) is 46.5 Å². The van der Waals surface area contributed by atoms with E-state index in [0.29, 0.717) is 4.47 Å². The van der Waals surface area contributed by atoms with E-state index in [9.17, 15) is 4.39 Å². The minimum absolute atomic E-state index is 0.251. The lowest BCUT2D eigenvalue weighted by molar-refractivity contribution is 0.380. The van der Waals surface area contributed by atoms with Crippen molar-refractivity contribution in [3.63, 3.8) is 0 Å². The highest BCUT2D eigenvalue weighted by Crippen LogP contribution is 2.39. The monoisotopic (exact) mass is 287 g/mol. The van der Waals surface area contributed by atoms with E-state index in [0.717, 1.165) is 31.2 Å². The molecule has 0 radical (unpaired) electrons. The summed E-state index contributed by atoms with van der Waals surface area (Å²) in [7, 11) is 1.46. The third-order valence-electron chi connectivity index (χ3n) is 3.29. The summed E-state index contributed by atoms with van der Waals surface area (Å²) < 4.78 is 19.0. The predicted molar refractivity (Wildman–Crippen MR) is 65.0 cm³/mol. The first-order valence-corrected chi connectivity index (χ1v) is 6.18. The van der Waals surface area contributed by atoms with Gasteiger partial charge in [0.1, 0.15) is 0 Å². The lowest BCUT2D eigenvalue weighted by atomic mass is 9.89. The van der Waals surface area contributed by atoms with Crippen molar-refractivity contribution in [2.45, 2.75) is 31.2 Å². The minimum Gasteiger partial charge on any atom is -0.494 e. The summed E-state index contributed by atoms with van der Waals surface area (Å²) in [6.45, 7) is 0. The molecule has 0 aromatic heterocycles. The Balaban J connectivity index is 2.45. The molecule has 88 valence electrons.